The van der Waals surface area contributed by atoms with Crippen LogP contribution in [-0.4, -0.2) is 43.0 Å². The Morgan fingerprint density at radius 1 is 1.39 bits per heavy atom. The summed E-state index contributed by atoms with van der Waals surface area (Å²) in [6, 6.07) is 0.295. The maximum atomic E-state index is 5.52. The molecule has 1 heterocycles. The van der Waals surface area contributed by atoms with Crippen molar-refractivity contribution in [2.24, 2.45) is 7.05 Å². The Morgan fingerprint density at radius 3 is 2.72 bits per heavy atom. The van der Waals surface area contributed by atoms with E-state index in [9.17, 15) is 0 Å². The fourth-order valence-electron chi connectivity index (χ4n) is 1.89. The van der Waals surface area contributed by atoms with E-state index in [0.29, 0.717) is 19.3 Å². The Bertz CT molecular complexity index is 339. The SMILES string of the molecule is CCNC(CCOCCOC)c1cnc(C)n1C. The van der Waals surface area contributed by atoms with Gasteiger partial charge in [0, 0.05) is 20.8 Å². The quantitative estimate of drug-likeness (QED) is 0.678. The number of rotatable bonds is 9. The van der Waals surface area contributed by atoms with Crippen LogP contribution < -0.4 is 5.32 Å². The van der Waals surface area contributed by atoms with Crippen LogP contribution in [0.1, 0.15) is 30.9 Å². The van der Waals surface area contributed by atoms with Crippen LogP contribution in [0.25, 0.3) is 0 Å². The number of ether oxygens (including phenoxy) is 2. The van der Waals surface area contributed by atoms with E-state index in [0.717, 1.165) is 25.4 Å². The summed E-state index contributed by atoms with van der Waals surface area (Å²) in [5.41, 5.74) is 1.21. The van der Waals surface area contributed by atoms with Crippen LogP contribution in [0.2, 0.25) is 0 Å². The lowest BCUT2D eigenvalue weighted by atomic mass is 10.1. The van der Waals surface area contributed by atoms with Gasteiger partial charge >= 0.3 is 0 Å². The molecule has 1 unspecified atom stereocenters. The van der Waals surface area contributed by atoms with Crippen molar-refractivity contribution in [1.29, 1.82) is 0 Å². The van der Waals surface area contributed by atoms with E-state index >= 15 is 0 Å². The summed E-state index contributed by atoms with van der Waals surface area (Å²) < 4.78 is 12.6. The van der Waals surface area contributed by atoms with Gasteiger partial charge in [-0.1, -0.05) is 6.92 Å². The molecular formula is C13H25N3O2. The number of aryl methyl sites for hydroxylation is 1. The van der Waals surface area contributed by atoms with Gasteiger partial charge in [-0.25, -0.2) is 4.98 Å². The molecule has 0 bridgehead atoms. The number of methoxy groups -OCH3 is 1. The predicted octanol–water partition coefficient (Wildman–Crippen LogP) is 1.43. The molecule has 104 valence electrons. The fourth-order valence-corrected chi connectivity index (χ4v) is 1.89. The van der Waals surface area contributed by atoms with Gasteiger partial charge < -0.3 is 19.4 Å². The lowest BCUT2D eigenvalue weighted by molar-refractivity contribution is 0.0655. The second-order valence-corrected chi connectivity index (χ2v) is 4.29. The number of hydrogen-bond donors (Lipinski definition) is 1. The molecule has 0 radical (unpaired) electrons. The summed E-state index contributed by atoms with van der Waals surface area (Å²) in [5, 5.41) is 3.47. The molecule has 5 heteroatoms. The molecule has 0 saturated heterocycles. The molecule has 0 aliphatic rings. The topological polar surface area (TPSA) is 48.3 Å². The maximum absolute atomic E-state index is 5.52. The molecule has 1 aromatic rings. The first-order chi connectivity index (χ1) is 8.70. The molecule has 0 fully saturated rings. The molecular weight excluding hydrogens is 230 g/mol. The summed E-state index contributed by atoms with van der Waals surface area (Å²) in [4.78, 5) is 4.34. The minimum Gasteiger partial charge on any atom is -0.382 e. The van der Waals surface area contributed by atoms with Gasteiger partial charge in [-0.2, -0.15) is 0 Å². The molecule has 0 aliphatic heterocycles. The van der Waals surface area contributed by atoms with Crippen LogP contribution in [0.15, 0.2) is 6.20 Å². The minimum atomic E-state index is 0.295. The van der Waals surface area contributed by atoms with E-state index < -0.39 is 0 Å². The van der Waals surface area contributed by atoms with Crippen molar-refractivity contribution in [1.82, 2.24) is 14.9 Å². The van der Waals surface area contributed by atoms with Crippen molar-refractivity contribution in [2.75, 3.05) is 33.5 Å². The Hall–Kier alpha value is -0.910. The third kappa shape index (κ3) is 4.40. The van der Waals surface area contributed by atoms with Crippen LogP contribution in [0, 0.1) is 6.92 Å². The number of nitrogens with zero attached hydrogens (tertiary/aromatic N) is 2. The zero-order valence-electron chi connectivity index (χ0n) is 11.9. The Kier molecular flexibility index (Phi) is 6.93. The van der Waals surface area contributed by atoms with Gasteiger partial charge in [0.1, 0.15) is 5.82 Å². The molecule has 1 aromatic heterocycles. The molecule has 0 saturated carbocycles. The smallest absolute Gasteiger partial charge is 0.105 e. The van der Waals surface area contributed by atoms with Crippen molar-refractivity contribution in [2.45, 2.75) is 26.3 Å². The molecule has 5 nitrogen and oxygen atoms in total. The number of aromatic nitrogens is 2. The molecule has 1 atom stereocenters. The van der Waals surface area contributed by atoms with Crippen molar-refractivity contribution in [3.8, 4) is 0 Å². The third-order valence-corrected chi connectivity index (χ3v) is 3.05. The van der Waals surface area contributed by atoms with Gasteiger partial charge in [-0.05, 0) is 19.9 Å². The van der Waals surface area contributed by atoms with Crippen molar-refractivity contribution in [3.63, 3.8) is 0 Å². The second-order valence-electron chi connectivity index (χ2n) is 4.29. The number of nitrogens with one attached hydrogen (secondary N) is 1. The van der Waals surface area contributed by atoms with Gasteiger partial charge in [0.15, 0.2) is 0 Å². The van der Waals surface area contributed by atoms with E-state index in [2.05, 4.69) is 21.8 Å². The van der Waals surface area contributed by atoms with Gasteiger partial charge in [-0.3, -0.25) is 0 Å². The Balaban J connectivity index is 2.47. The summed E-state index contributed by atoms with van der Waals surface area (Å²) >= 11 is 0. The average Bonchev–Trinajstić information content (AvgIpc) is 2.69. The lowest BCUT2D eigenvalue weighted by Crippen LogP contribution is -2.24. The van der Waals surface area contributed by atoms with E-state index in [-0.39, 0.29) is 0 Å². The molecule has 1 N–H and O–H groups in total. The van der Waals surface area contributed by atoms with Gasteiger partial charge in [0.05, 0.1) is 31.1 Å². The highest BCUT2D eigenvalue weighted by Crippen LogP contribution is 2.17. The average molecular weight is 255 g/mol. The van der Waals surface area contributed by atoms with E-state index in [4.69, 9.17) is 9.47 Å². The van der Waals surface area contributed by atoms with Gasteiger partial charge in [-0.15, -0.1) is 0 Å². The second kappa shape index (κ2) is 8.24. The standard InChI is InChI=1S/C13H25N3O2/c1-5-14-12(6-7-18-9-8-17-4)13-10-15-11(2)16(13)3/h10,12,14H,5-9H2,1-4H3. The van der Waals surface area contributed by atoms with E-state index in [1.54, 1.807) is 7.11 Å². The van der Waals surface area contributed by atoms with Crippen LogP contribution in [0.5, 0.6) is 0 Å². The molecule has 0 spiro atoms. The van der Waals surface area contributed by atoms with E-state index in [1.165, 1.54) is 5.69 Å². The predicted molar refractivity (Wildman–Crippen MR) is 71.7 cm³/mol. The highest BCUT2D eigenvalue weighted by molar-refractivity contribution is 5.09. The molecule has 0 aliphatic carbocycles. The summed E-state index contributed by atoms with van der Waals surface area (Å²) in [7, 11) is 3.73. The Labute approximate surface area is 109 Å². The first kappa shape index (κ1) is 15.1. The van der Waals surface area contributed by atoms with E-state index in [1.807, 2.05) is 20.2 Å². The van der Waals surface area contributed by atoms with Gasteiger partial charge in [0.2, 0.25) is 0 Å². The summed E-state index contributed by atoms with van der Waals surface area (Å²) in [6.45, 7) is 7.10. The van der Waals surface area contributed by atoms with Crippen LogP contribution >= 0.6 is 0 Å². The highest BCUT2D eigenvalue weighted by Gasteiger charge is 2.14. The maximum Gasteiger partial charge on any atom is 0.105 e. The zero-order valence-corrected chi connectivity index (χ0v) is 11.9. The first-order valence-electron chi connectivity index (χ1n) is 6.49. The molecule has 0 amide bonds. The largest absolute Gasteiger partial charge is 0.382 e. The monoisotopic (exact) mass is 255 g/mol. The fraction of sp³-hybridized carbons (Fsp3) is 0.769. The number of imidazole rings is 1. The number of hydrogen-bond acceptors (Lipinski definition) is 4. The highest BCUT2D eigenvalue weighted by atomic mass is 16.5. The van der Waals surface area contributed by atoms with Crippen molar-refractivity contribution >= 4 is 0 Å². The molecule has 18 heavy (non-hydrogen) atoms. The molecule has 0 aromatic carbocycles. The summed E-state index contributed by atoms with van der Waals surface area (Å²) in [5.74, 6) is 1.04. The normalized spacial score (nSPS) is 12.9. The van der Waals surface area contributed by atoms with Crippen molar-refractivity contribution in [3.05, 3.63) is 17.7 Å². The summed E-state index contributed by atoms with van der Waals surface area (Å²) in [6.07, 6.45) is 2.88. The van der Waals surface area contributed by atoms with Gasteiger partial charge in [0.25, 0.3) is 0 Å². The lowest BCUT2D eigenvalue weighted by Gasteiger charge is -2.18. The zero-order chi connectivity index (χ0) is 13.4. The Morgan fingerprint density at radius 2 is 2.17 bits per heavy atom. The third-order valence-electron chi connectivity index (χ3n) is 3.05. The van der Waals surface area contributed by atoms with Crippen LogP contribution in [-0.2, 0) is 16.5 Å². The molecule has 1 rings (SSSR count). The minimum absolute atomic E-state index is 0.295. The first-order valence-corrected chi connectivity index (χ1v) is 6.49. The van der Waals surface area contributed by atoms with Crippen LogP contribution in [0.4, 0.5) is 0 Å². The van der Waals surface area contributed by atoms with Crippen LogP contribution in [0.3, 0.4) is 0 Å². The van der Waals surface area contributed by atoms with Crippen molar-refractivity contribution < 1.29 is 9.47 Å².